The highest BCUT2D eigenvalue weighted by atomic mass is 19.1. The van der Waals surface area contributed by atoms with E-state index in [1.54, 1.807) is 6.20 Å². The fourth-order valence-corrected chi connectivity index (χ4v) is 3.28. The minimum Gasteiger partial charge on any atom is -0.441 e. The van der Waals surface area contributed by atoms with Crippen LogP contribution in [0, 0.1) is 11.6 Å². The van der Waals surface area contributed by atoms with Crippen molar-refractivity contribution in [2.75, 3.05) is 23.3 Å². The fraction of sp³-hybridized carbons (Fsp3) is 0.286. The van der Waals surface area contributed by atoms with E-state index in [1.807, 2.05) is 12.1 Å². The van der Waals surface area contributed by atoms with Crippen LogP contribution in [0.2, 0.25) is 0 Å². The normalized spacial score (nSPS) is 13.7. The maximum absolute atomic E-state index is 13.8. The van der Waals surface area contributed by atoms with Gasteiger partial charge in [-0.05, 0) is 37.1 Å². The molecule has 1 amide bonds. The second kappa shape index (κ2) is 8.38. The first-order chi connectivity index (χ1) is 14.1. The van der Waals surface area contributed by atoms with Gasteiger partial charge in [0.1, 0.15) is 17.5 Å². The molecule has 0 unspecified atom stereocenters. The summed E-state index contributed by atoms with van der Waals surface area (Å²) in [6, 6.07) is 6.96. The highest BCUT2D eigenvalue weighted by molar-refractivity contribution is 5.90. The Hall–Kier alpha value is -3.29. The average molecular weight is 398 g/mol. The first-order valence-corrected chi connectivity index (χ1v) is 9.49. The Morgan fingerprint density at radius 3 is 2.66 bits per heavy atom. The number of aromatic nitrogens is 2. The Balaban J connectivity index is 1.31. The summed E-state index contributed by atoms with van der Waals surface area (Å²) >= 11 is 0. The van der Waals surface area contributed by atoms with Crippen LogP contribution in [0.25, 0.3) is 11.3 Å². The zero-order chi connectivity index (χ0) is 20.2. The average Bonchev–Trinajstić information content (AvgIpc) is 3.39. The summed E-state index contributed by atoms with van der Waals surface area (Å²) in [7, 11) is 0. The monoisotopic (exact) mass is 398 g/mol. The molecule has 8 heteroatoms. The van der Waals surface area contributed by atoms with Gasteiger partial charge in [-0.15, -0.1) is 0 Å². The van der Waals surface area contributed by atoms with Crippen LogP contribution in [0.5, 0.6) is 0 Å². The Morgan fingerprint density at radius 2 is 1.93 bits per heavy atom. The Morgan fingerprint density at radius 1 is 1.10 bits per heavy atom. The van der Waals surface area contributed by atoms with E-state index in [2.05, 4.69) is 20.2 Å². The molecule has 2 aromatic heterocycles. The molecule has 1 saturated heterocycles. The molecule has 0 saturated carbocycles. The molecule has 0 bridgehead atoms. The van der Waals surface area contributed by atoms with E-state index in [0.29, 0.717) is 11.6 Å². The van der Waals surface area contributed by atoms with Crippen LogP contribution in [0.15, 0.2) is 47.1 Å². The first-order valence-electron chi connectivity index (χ1n) is 9.49. The first kappa shape index (κ1) is 19.0. The van der Waals surface area contributed by atoms with Crippen LogP contribution in [0.1, 0.15) is 25.2 Å². The summed E-state index contributed by atoms with van der Waals surface area (Å²) in [5.74, 6) is -0.170. The number of halogens is 2. The Bertz CT molecular complexity index is 998. The van der Waals surface area contributed by atoms with Crippen LogP contribution in [-0.4, -0.2) is 29.0 Å². The fourth-order valence-electron chi connectivity index (χ4n) is 3.28. The van der Waals surface area contributed by atoms with Crippen molar-refractivity contribution < 1.29 is 18.0 Å². The molecule has 4 rings (SSSR count). The second-order valence-corrected chi connectivity index (χ2v) is 6.89. The minimum atomic E-state index is -0.727. The molecule has 1 N–H and O–H groups in total. The third-order valence-electron chi connectivity index (χ3n) is 4.78. The molecule has 29 heavy (non-hydrogen) atoms. The number of benzene rings is 1. The maximum Gasteiger partial charge on any atom is 0.224 e. The van der Waals surface area contributed by atoms with Crippen molar-refractivity contribution in [2.24, 2.45) is 0 Å². The molecule has 1 aromatic carbocycles. The van der Waals surface area contributed by atoms with E-state index < -0.39 is 11.6 Å². The van der Waals surface area contributed by atoms with Gasteiger partial charge in [-0.1, -0.05) is 0 Å². The molecule has 1 aliphatic heterocycles. The molecule has 0 atom stereocenters. The molecule has 3 aromatic rings. The van der Waals surface area contributed by atoms with Crippen molar-refractivity contribution in [3.05, 3.63) is 60.3 Å². The zero-order valence-electron chi connectivity index (χ0n) is 15.7. The van der Waals surface area contributed by atoms with E-state index in [1.165, 1.54) is 25.1 Å². The Kier molecular flexibility index (Phi) is 5.50. The molecule has 3 heterocycles. The number of hydrogen-bond acceptors (Lipinski definition) is 5. The number of hydrogen-bond donors (Lipinski definition) is 1. The van der Waals surface area contributed by atoms with Gasteiger partial charge in [0.05, 0.1) is 23.6 Å². The summed E-state index contributed by atoms with van der Waals surface area (Å²) in [5.41, 5.74) is 0.748. The lowest BCUT2D eigenvalue weighted by Gasteiger charge is -2.16. The van der Waals surface area contributed by atoms with Gasteiger partial charge in [-0.2, -0.15) is 0 Å². The van der Waals surface area contributed by atoms with Gasteiger partial charge in [0, 0.05) is 32.0 Å². The largest absolute Gasteiger partial charge is 0.441 e. The van der Waals surface area contributed by atoms with Crippen molar-refractivity contribution in [1.29, 1.82) is 0 Å². The number of oxazole rings is 1. The molecule has 0 aliphatic carbocycles. The summed E-state index contributed by atoms with van der Waals surface area (Å²) in [6.45, 7) is 2.03. The molecule has 1 fully saturated rings. The standard InChI is InChI=1S/C21H20F2N4O2/c22-14-3-5-16(17(23)11-14)18-13-25-21(29-18)8-7-20(28)26-15-4-6-19(24-12-15)27-9-1-2-10-27/h3-6,11-13H,1-2,7-10H2,(H,26,28). The number of aryl methyl sites for hydroxylation is 1. The van der Waals surface area contributed by atoms with Crippen molar-refractivity contribution in [1.82, 2.24) is 9.97 Å². The van der Waals surface area contributed by atoms with Gasteiger partial charge in [0.25, 0.3) is 0 Å². The number of rotatable bonds is 6. The summed E-state index contributed by atoms with van der Waals surface area (Å²) in [5, 5.41) is 2.79. The lowest BCUT2D eigenvalue weighted by molar-refractivity contribution is -0.116. The van der Waals surface area contributed by atoms with Crippen LogP contribution < -0.4 is 10.2 Å². The Labute approximate surface area is 166 Å². The number of carbonyl (C=O) groups excluding carboxylic acids is 1. The number of anilines is 2. The topological polar surface area (TPSA) is 71.3 Å². The molecular weight excluding hydrogens is 378 g/mol. The van der Waals surface area contributed by atoms with E-state index in [-0.39, 0.29) is 30.1 Å². The third kappa shape index (κ3) is 4.59. The van der Waals surface area contributed by atoms with Crippen LogP contribution >= 0.6 is 0 Å². The quantitative estimate of drug-likeness (QED) is 0.674. The van der Waals surface area contributed by atoms with Crippen molar-refractivity contribution in [2.45, 2.75) is 25.7 Å². The predicted octanol–water partition coefficient (Wildman–Crippen LogP) is 4.19. The van der Waals surface area contributed by atoms with Gasteiger partial charge in [-0.3, -0.25) is 4.79 Å². The predicted molar refractivity (Wildman–Crippen MR) is 104 cm³/mol. The molecular formula is C21H20F2N4O2. The molecule has 1 aliphatic rings. The minimum absolute atomic E-state index is 0.124. The zero-order valence-corrected chi connectivity index (χ0v) is 15.7. The lowest BCUT2D eigenvalue weighted by atomic mass is 10.2. The van der Waals surface area contributed by atoms with Crippen LogP contribution in [0.4, 0.5) is 20.3 Å². The summed E-state index contributed by atoms with van der Waals surface area (Å²) < 4.78 is 32.3. The van der Waals surface area contributed by atoms with E-state index in [0.717, 1.165) is 31.0 Å². The molecule has 0 radical (unpaired) electrons. The summed E-state index contributed by atoms with van der Waals surface area (Å²) in [4.78, 5) is 22.9. The van der Waals surface area contributed by atoms with Gasteiger partial charge < -0.3 is 14.6 Å². The smallest absolute Gasteiger partial charge is 0.224 e. The third-order valence-corrected chi connectivity index (χ3v) is 4.78. The number of nitrogens with one attached hydrogen (secondary N) is 1. The van der Waals surface area contributed by atoms with Gasteiger partial charge in [0.2, 0.25) is 5.91 Å². The van der Waals surface area contributed by atoms with Gasteiger partial charge in [-0.25, -0.2) is 18.7 Å². The van der Waals surface area contributed by atoms with Crippen LogP contribution in [-0.2, 0) is 11.2 Å². The maximum atomic E-state index is 13.8. The van der Waals surface area contributed by atoms with Gasteiger partial charge >= 0.3 is 0 Å². The lowest BCUT2D eigenvalue weighted by Crippen LogP contribution is -2.19. The number of amides is 1. The highest BCUT2D eigenvalue weighted by Crippen LogP contribution is 2.25. The van der Waals surface area contributed by atoms with E-state index in [4.69, 9.17) is 4.42 Å². The van der Waals surface area contributed by atoms with Crippen molar-refractivity contribution in [3.63, 3.8) is 0 Å². The second-order valence-electron chi connectivity index (χ2n) is 6.89. The van der Waals surface area contributed by atoms with Crippen molar-refractivity contribution >= 4 is 17.4 Å². The summed E-state index contributed by atoms with van der Waals surface area (Å²) in [6.07, 6.45) is 5.78. The number of pyridine rings is 1. The number of carbonyl (C=O) groups is 1. The number of nitrogens with zero attached hydrogens (tertiary/aromatic N) is 3. The molecule has 150 valence electrons. The molecule has 0 spiro atoms. The van der Waals surface area contributed by atoms with Crippen molar-refractivity contribution in [3.8, 4) is 11.3 Å². The van der Waals surface area contributed by atoms with Gasteiger partial charge in [0.15, 0.2) is 11.7 Å². The van der Waals surface area contributed by atoms with E-state index >= 15 is 0 Å². The highest BCUT2D eigenvalue weighted by Gasteiger charge is 2.15. The molecule has 6 nitrogen and oxygen atoms in total. The van der Waals surface area contributed by atoms with E-state index in [9.17, 15) is 13.6 Å². The SMILES string of the molecule is O=C(CCc1ncc(-c2ccc(F)cc2F)o1)Nc1ccc(N2CCCC2)nc1. The van der Waals surface area contributed by atoms with Crippen LogP contribution in [0.3, 0.4) is 0 Å².